The van der Waals surface area contributed by atoms with E-state index in [-0.39, 0.29) is 5.78 Å². The molecule has 0 unspecified atom stereocenters. The maximum absolute atomic E-state index is 12.4. The Hall–Kier alpha value is -2.21. The zero-order valence-electron chi connectivity index (χ0n) is 12.0. The Morgan fingerprint density at radius 2 is 2.00 bits per heavy atom. The molecule has 6 heteroatoms. The van der Waals surface area contributed by atoms with Crippen LogP contribution < -0.4 is 10.1 Å². The van der Waals surface area contributed by atoms with E-state index in [1.807, 2.05) is 4.68 Å². The number of ketones is 1. The molecule has 0 saturated carbocycles. The first-order valence-electron chi connectivity index (χ1n) is 7.09. The minimum Gasteiger partial charge on any atom is -0.497 e. The lowest BCUT2D eigenvalue weighted by atomic mass is 10.1. The van der Waals surface area contributed by atoms with Crippen molar-refractivity contribution in [1.82, 2.24) is 20.3 Å². The molecule has 1 N–H and O–H groups in total. The third-order valence-corrected chi connectivity index (χ3v) is 3.78. The smallest absolute Gasteiger partial charge is 0.214 e. The van der Waals surface area contributed by atoms with E-state index < -0.39 is 0 Å². The molecule has 0 spiro atoms. The molecule has 1 aliphatic rings. The van der Waals surface area contributed by atoms with Crippen LogP contribution in [0.25, 0.3) is 0 Å². The van der Waals surface area contributed by atoms with E-state index in [9.17, 15) is 4.79 Å². The second-order valence-corrected chi connectivity index (χ2v) is 5.12. The molecule has 1 aliphatic heterocycles. The summed E-state index contributed by atoms with van der Waals surface area (Å²) in [5, 5.41) is 11.4. The molecule has 0 amide bonds. The minimum atomic E-state index is -0.113. The van der Waals surface area contributed by atoms with E-state index in [4.69, 9.17) is 4.74 Å². The van der Waals surface area contributed by atoms with Crippen LogP contribution in [0.3, 0.4) is 0 Å². The summed E-state index contributed by atoms with van der Waals surface area (Å²) in [7, 11) is 1.60. The predicted octanol–water partition coefficient (Wildman–Crippen LogP) is 1.44. The van der Waals surface area contributed by atoms with Gasteiger partial charge in [0.25, 0.3) is 0 Å². The van der Waals surface area contributed by atoms with Crippen molar-refractivity contribution >= 4 is 5.78 Å². The summed E-state index contributed by atoms with van der Waals surface area (Å²) in [6.45, 7) is 1.96. The highest BCUT2D eigenvalue weighted by molar-refractivity contribution is 6.07. The molecule has 110 valence electrons. The van der Waals surface area contributed by atoms with Gasteiger partial charge in [0.2, 0.25) is 5.78 Å². The fraction of sp³-hybridized carbons (Fsp3) is 0.400. The molecular weight excluding hydrogens is 268 g/mol. The summed E-state index contributed by atoms with van der Waals surface area (Å²) in [6, 6.07) is 7.35. The third kappa shape index (κ3) is 2.95. The van der Waals surface area contributed by atoms with Gasteiger partial charge in [0, 0.05) is 5.56 Å². The van der Waals surface area contributed by atoms with E-state index in [0.717, 1.165) is 31.7 Å². The van der Waals surface area contributed by atoms with E-state index in [1.54, 1.807) is 37.6 Å². The Morgan fingerprint density at radius 1 is 1.29 bits per heavy atom. The maximum Gasteiger partial charge on any atom is 0.214 e. The van der Waals surface area contributed by atoms with Crippen LogP contribution in [0.15, 0.2) is 30.5 Å². The second kappa shape index (κ2) is 6.05. The molecule has 0 bridgehead atoms. The summed E-state index contributed by atoms with van der Waals surface area (Å²) in [6.07, 6.45) is 3.78. The number of benzene rings is 1. The van der Waals surface area contributed by atoms with Crippen LogP contribution in [-0.2, 0) is 0 Å². The van der Waals surface area contributed by atoms with E-state index in [0.29, 0.717) is 17.3 Å². The van der Waals surface area contributed by atoms with Gasteiger partial charge in [-0.3, -0.25) is 4.79 Å². The summed E-state index contributed by atoms with van der Waals surface area (Å²) >= 11 is 0. The van der Waals surface area contributed by atoms with Crippen molar-refractivity contribution in [3.8, 4) is 5.75 Å². The highest BCUT2D eigenvalue weighted by atomic mass is 16.5. The number of carbonyl (C=O) groups excluding carboxylic acids is 1. The van der Waals surface area contributed by atoms with Crippen molar-refractivity contribution in [1.29, 1.82) is 0 Å². The van der Waals surface area contributed by atoms with E-state index in [1.165, 1.54) is 0 Å². The normalized spacial score (nSPS) is 15.9. The molecule has 21 heavy (non-hydrogen) atoms. The van der Waals surface area contributed by atoms with Gasteiger partial charge in [-0.15, -0.1) is 5.10 Å². The number of piperidine rings is 1. The van der Waals surface area contributed by atoms with Crippen molar-refractivity contribution in [2.45, 2.75) is 18.9 Å². The van der Waals surface area contributed by atoms with Gasteiger partial charge in [-0.05, 0) is 50.2 Å². The fourth-order valence-electron chi connectivity index (χ4n) is 2.52. The topological polar surface area (TPSA) is 69.0 Å². The molecule has 1 aromatic carbocycles. The number of nitrogens with zero attached hydrogens (tertiary/aromatic N) is 3. The zero-order chi connectivity index (χ0) is 14.7. The van der Waals surface area contributed by atoms with Gasteiger partial charge in [-0.25, -0.2) is 4.68 Å². The molecule has 2 heterocycles. The number of rotatable bonds is 4. The Balaban J connectivity index is 1.76. The Kier molecular flexibility index (Phi) is 3.96. The SMILES string of the molecule is COc1ccc(C(=O)c2cn(C3CCNCC3)nn2)cc1. The minimum absolute atomic E-state index is 0.113. The van der Waals surface area contributed by atoms with Crippen LogP contribution in [0.5, 0.6) is 5.75 Å². The molecule has 6 nitrogen and oxygen atoms in total. The quantitative estimate of drug-likeness (QED) is 0.861. The van der Waals surface area contributed by atoms with Gasteiger partial charge in [0.15, 0.2) is 5.69 Å². The Morgan fingerprint density at radius 3 is 2.67 bits per heavy atom. The van der Waals surface area contributed by atoms with Crippen molar-refractivity contribution in [2.75, 3.05) is 20.2 Å². The fourth-order valence-corrected chi connectivity index (χ4v) is 2.52. The number of nitrogens with one attached hydrogen (secondary N) is 1. The summed E-state index contributed by atoms with van der Waals surface area (Å²) in [4.78, 5) is 12.4. The van der Waals surface area contributed by atoms with Gasteiger partial charge in [-0.2, -0.15) is 0 Å². The first kappa shape index (κ1) is 13.8. The summed E-state index contributed by atoms with van der Waals surface area (Å²) in [5.74, 6) is 0.614. The highest BCUT2D eigenvalue weighted by Gasteiger charge is 2.19. The lowest BCUT2D eigenvalue weighted by Crippen LogP contribution is -2.29. The molecule has 1 saturated heterocycles. The molecular formula is C15H18N4O2. The largest absolute Gasteiger partial charge is 0.497 e. The van der Waals surface area contributed by atoms with E-state index in [2.05, 4.69) is 15.6 Å². The maximum atomic E-state index is 12.4. The Bertz CT molecular complexity index is 615. The number of carbonyl (C=O) groups is 1. The van der Waals surface area contributed by atoms with Crippen molar-refractivity contribution in [2.24, 2.45) is 0 Å². The van der Waals surface area contributed by atoms with Gasteiger partial charge in [0.1, 0.15) is 5.75 Å². The molecule has 2 aromatic rings. The third-order valence-electron chi connectivity index (χ3n) is 3.78. The van der Waals surface area contributed by atoms with Gasteiger partial charge in [0.05, 0.1) is 19.3 Å². The molecule has 0 atom stereocenters. The Labute approximate surface area is 123 Å². The van der Waals surface area contributed by atoms with Crippen LogP contribution >= 0.6 is 0 Å². The first-order chi connectivity index (χ1) is 10.3. The lowest BCUT2D eigenvalue weighted by Gasteiger charge is -2.22. The van der Waals surface area contributed by atoms with Crippen molar-refractivity contribution in [3.63, 3.8) is 0 Å². The number of hydrogen-bond acceptors (Lipinski definition) is 5. The van der Waals surface area contributed by atoms with Gasteiger partial charge < -0.3 is 10.1 Å². The summed E-state index contributed by atoms with van der Waals surface area (Å²) < 4.78 is 6.91. The van der Waals surface area contributed by atoms with Crippen molar-refractivity contribution < 1.29 is 9.53 Å². The number of hydrogen-bond donors (Lipinski definition) is 1. The average Bonchev–Trinajstić information content (AvgIpc) is 3.05. The van der Waals surface area contributed by atoms with Gasteiger partial charge in [-0.1, -0.05) is 5.21 Å². The van der Waals surface area contributed by atoms with Crippen LogP contribution in [0.1, 0.15) is 34.9 Å². The molecule has 1 fully saturated rings. The number of aromatic nitrogens is 3. The molecule has 3 rings (SSSR count). The number of ether oxygens (including phenoxy) is 1. The van der Waals surface area contributed by atoms with Crippen LogP contribution in [0.4, 0.5) is 0 Å². The van der Waals surface area contributed by atoms with Crippen LogP contribution in [0, 0.1) is 0 Å². The zero-order valence-corrected chi connectivity index (χ0v) is 12.0. The monoisotopic (exact) mass is 286 g/mol. The summed E-state index contributed by atoms with van der Waals surface area (Å²) in [5.41, 5.74) is 0.979. The standard InChI is InChI=1S/C15H18N4O2/c1-21-13-4-2-11(3-5-13)15(20)14-10-19(18-17-14)12-6-8-16-9-7-12/h2-5,10,12,16H,6-9H2,1H3. The van der Waals surface area contributed by atoms with Crippen LogP contribution in [0.2, 0.25) is 0 Å². The molecule has 0 aliphatic carbocycles. The first-order valence-corrected chi connectivity index (χ1v) is 7.09. The highest BCUT2D eigenvalue weighted by Crippen LogP contribution is 2.18. The molecule has 0 radical (unpaired) electrons. The van der Waals surface area contributed by atoms with E-state index >= 15 is 0 Å². The molecule has 1 aromatic heterocycles. The van der Waals surface area contributed by atoms with Crippen molar-refractivity contribution in [3.05, 3.63) is 41.7 Å². The lowest BCUT2D eigenvalue weighted by molar-refractivity contribution is 0.103. The second-order valence-electron chi connectivity index (χ2n) is 5.12. The predicted molar refractivity (Wildman–Crippen MR) is 77.6 cm³/mol. The average molecular weight is 286 g/mol. The number of methoxy groups -OCH3 is 1. The van der Waals surface area contributed by atoms with Gasteiger partial charge >= 0.3 is 0 Å². The van der Waals surface area contributed by atoms with Crippen LogP contribution in [-0.4, -0.2) is 41.0 Å².